The molecule has 4 heteroatoms. The summed E-state index contributed by atoms with van der Waals surface area (Å²) in [6.45, 7) is 5.52. The largest absolute Gasteiger partial charge is 0.397 e. The highest BCUT2D eigenvalue weighted by Crippen LogP contribution is 2.51. The Labute approximate surface area is 107 Å². The Kier molecular flexibility index (Phi) is 2.30. The van der Waals surface area contributed by atoms with Gasteiger partial charge in [-0.3, -0.25) is 4.79 Å². The van der Waals surface area contributed by atoms with E-state index in [2.05, 4.69) is 24.5 Å². The monoisotopic (exact) mass is 245 g/mol. The number of nitrogen functional groups attached to an aromatic ring is 1. The van der Waals surface area contributed by atoms with Gasteiger partial charge in [0.25, 0.3) is 0 Å². The summed E-state index contributed by atoms with van der Waals surface area (Å²) < 4.78 is 0. The molecule has 96 valence electrons. The smallest absolute Gasteiger partial charge is 0.228 e. The predicted molar refractivity (Wildman–Crippen MR) is 73.6 cm³/mol. The van der Waals surface area contributed by atoms with Gasteiger partial charge in [0.1, 0.15) is 0 Å². The maximum absolute atomic E-state index is 11.3. The summed E-state index contributed by atoms with van der Waals surface area (Å²) >= 11 is 0. The summed E-state index contributed by atoms with van der Waals surface area (Å²) in [6, 6.07) is 3.85. The number of carbonyl (C=O) groups excluding carboxylic acids is 1. The van der Waals surface area contributed by atoms with Crippen LogP contribution in [0.3, 0.4) is 0 Å². The Hall–Kier alpha value is -1.71. The van der Waals surface area contributed by atoms with Crippen LogP contribution in [0.1, 0.15) is 25.8 Å². The number of hydrogen-bond acceptors (Lipinski definition) is 3. The molecule has 4 nitrogen and oxygen atoms in total. The van der Waals surface area contributed by atoms with Gasteiger partial charge in [0.15, 0.2) is 0 Å². The Balaban J connectivity index is 1.73. The van der Waals surface area contributed by atoms with Crippen LogP contribution in [0.25, 0.3) is 0 Å². The highest BCUT2D eigenvalue weighted by atomic mass is 16.1. The maximum Gasteiger partial charge on any atom is 0.228 e. The van der Waals surface area contributed by atoms with Crippen molar-refractivity contribution < 1.29 is 4.79 Å². The second-order valence-electron chi connectivity index (χ2n) is 6.09. The van der Waals surface area contributed by atoms with E-state index in [1.54, 1.807) is 0 Å². The van der Waals surface area contributed by atoms with E-state index in [-0.39, 0.29) is 5.91 Å². The van der Waals surface area contributed by atoms with Crippen LogP contribution in [-0.2, 0) is 11.2 Å². The minimum Gasteiger partial charge on any atom is -0.397 e. The van der Waals surface area contributed by atoms with Crippen molar-refractivity contribution in [3.63, 3.8) is 0 Å². The van der Waals surface area contributed by atoms with E-state index in [0.717, 1.165) is 35.1 Å². The second-order valence-corrected chi connectivity index (χ2v) is 6.09. The van der Waals surface area contributed by atoms with Crippen molar-refractivity contribution in [2.24, 2.45) is 11.3 Å². The van der Waals surface area contributed by atoms with Gasteiger partial charge in [0.2, 0.25) is 5.91 Å². The Morgan fingerprint density at radius 2 is 2.22 bits per heavy atom. The number of amides is 1. The lowest BCUT2D eigenvalue weighted by molar-refractivity contribution is -0.115. The van der Waals surface area contributed by atoms with Gasteiger partial charge in [-0.15, -0.1) is 0 Å². The third-order valence-electron chi connectivity index (χ3n) is 4.16. The first-order valence-corrected chi connectivity index (χ1v) is 6.42. The zero-order valence-electron chi connectivity index (χ0n) is 10.8. The lowest BCUT2D eigenvalue weighted by Gasteiger charge is -2.12. The van der Waals surface area contributed by atoms with Crippen LogP contribution in [0, 0.1) is 11.3 Å². The molecule has 0 radical (unpaired) electrons. The van der Waals surface area contributed by atoms with Crippen LogP contribution in [0.5, 0.6) is 0 Å². The fourth-order valence-corrected chi connectivity index (χ4v) is 2.60. The molecule has 1 aliphatic heterocycles. The molecule has 1 unspecified atom stereocenters. The normalized spacial score (nSPS) is 23.4. The molecule has 4 N–H and O–H groups in total. The van der Waals surface area contributed by atoms with Crippen molar-refractivity contribution in [2.45, 2.75) is 26.7 Å². The van der Waals surface area contributed by atoms with Crippen molar-refractivity contribution in [3.05, 3.63) is 17.7 Å². The molecule has 1 fully saturated rings. The highest BCUT2D eigenvalue weighted by Gasteiger charge is 2.45. The molecule has 1 aliphatic carbocycles. The van der Waals surface area contributed by atoms with E-state index >= 15 is 0 Å². The molecule has 0 aromatic heterocycles. The Bertz CT molecular complexity index is 522. The molecular formula is C14H19N3O. The lowest BCUT2D eigenvalue weighted by Crippen LogP contribution is -2.09. The molecule has 1 atom stereocenters. The lowest BCUT2D eigenvalue weighted by atomic mass is 10.1. The average Bonchev–Trinajstić information content (AvgIpc) is 2.72. The van der Waals surface area contributed by atoms with Gasteiger partial charge >= 0.3 is 0 Å². The van der Waals surface area contributed by atoms with Crippen molar-refractivity contribution in [1.29, 1.82) is 0 Å². The summed E-state index contributed by atoms with van der Waals surface area (Å²) in [5.74, 6) is 0.768. The van der Waals surface area contributed by atoms with E-state index in [9.17, 15) is 4.79 Å². The van der Waals surface area contributed by atoms with Gasteiger partial charge in [-0.1, -0.05) is 13.8 Å². The summed E-state index contributed by atoms with van der Waals surface area (Å²) in [7, 11) is 0. The van der Waals surface area contributed by atoms with Crippen molar-refractivity contribution in [2.75, 3.05) is 22.9 Å². The number of hydrogen-bond donors (Lipinski definition) is 3. The van der Waals surface area contributed by atoms with E-state index in [0.29, 0.717) is 11.8 Å². The molecule has 1 heterocycles. The van der Waals surface area contributed by atoms with Crippen LogP contribution in [-0.4, -0.2) is 12.5 Å². The predicted octanol–water partition coefficient (Wildman–Crippen LogP) is 2.22. The molecule has 1 aromatic carbocycles. The topological polar surface area (TPSA) is 67.1 Å². The number of carbonyl (C=O) groups is 1. The number of fused-ring (bicyclic) bond motifs is 1. The van der Waals surface area contributed by atoms with Crippen molar-refractivity contribution in [3.8, 4) is 0 Å². The van der Waals surface area contributed by atoms with Crippen molar-refractivity contribution >= 4 is 23.0 Å². The van der Waals surface area contributed by atoms with Gasteiger partial charge in [-0.05, 0) is 35.4 Å². The van der Waals surface area contributed by atoms with Gasteiger partial charge < -0.3 is 16.4 Å². The molecule has 3 rings (SSSR count). The van der Waals surface area contributed by atoms with Gasteiger partial charge in [0.05, 0.1) is 17.8 Å². The molecule has 0 saturated heterocycles. The summed E-state index contributed by atoms with van der Waals surface area (Å²) in [5, 5.41) is 6.25. The first kappa shape index (κ1) is 11.4. The quantitative estimate of drug-likeness (QED) is 0.715. The first-order valence-electron chi connectivity index (χ1n) is 6.42. The summed E-state index contributed by atoms with van der Waals surface area (Å²) in [4.78, 5) is 11.3. The Morgan fingerprint density at radius 3 is 2.89 bits per heavy atom. The second kappa shape index (κ2) is 3.64. The van der Waals surface area contributed by atoms with Crippen LogP contribution in [0.4, 0.5) is 17.1 Å². The molecule has 0 spiro atoms. The third-order valence-corrected chi connectivity index (χ3v) is 4.16. The summed E-state index contributed by atoms with van der Waals surface area (Å²) in [5.41, 5.74) is 10.0. The van der Waals surface area contributed by atoms with E-state index in [4.69, 9.17) is 5.73 Å². The molecule has 1 saturated carbocycles. The maximum atomic E-state index is 11.3. The SMILES string of the molecule is CC1(C)CC1CNc1cc2c(cc1N)CC(=O)N2. The molecule has 1 amide bonds. The molecule has 2 aliphatic rings. The summed E-state index contributed by atoms with van der Waals surface area (Å²) in [6.07, 6.45) is 1.71. The van der Waals surface area contributed by atoms with E-state index < -0.39 is 0 Å². The van der Waals surface area contributed by atoms with Gasteiger partial charge in [-0.25, -0.2) is 0 Å². The fraction of sp³-hybridized carbons (Fsp3) is 0.500. The first-order chi connectivity index (χ1) is 8.45. The number of nitrogens with one attached hydrogen (secondary N) is 2. The van der Waals surface area contributed by atoms with Crippen molar-refractivity contribution in [1.82, 2.24) is 0 Å². The minimum atomic E-state index is 0.0462. The standard InChI is InChI=1S/C14H19N3O/c1-14(2)6-9(14)7-16-12-5-11-8(3-10(12)15)4-13(18)17-11/h3,5,9,16H,4,6-7,15H2,1-2H3,(H,17,18). The molecule has 0 bridgehead atoms. The number of benzene rings is 1. The highest BCUT2D eigenvalue weighted by molar-refractivity contribution is 6.00. The molecule has 18 heavy (non-hydrogen) atoms. The van der Waals surface area contributed by atoms with Crippen LogP contribution in [0.2, 0.25) is 0 Å². The zero-order chi connectivity index (χ0) is 12.9. The van der Waals surface area contributed by atoms with Crippen LogP contribution < -0.4 is 16.4 Å². The fourth-order valence-electron chi connectivity index (χ4n) is 2.60. The van der Waals surface area contributed by atoms with E-state index in [1.807, 2.05) is 12.1 Å². The number of rotatable bonds is 3. The van der Waals surface area contributed by atoms with E-state index in [1.165, 1.54) is 6.42 Å². The molecule has 1 aromatic rings. The molecular weight excluding hydrogens is 226 g/mol. The van der Waals surface area contributed by atoms with Crippen LogP contribution >= 0.6 is 0 Å². The number of nitrogens with two attached hydrogens (primary N) is 1. The van der Waals surface area contributed by atoms with Gasteiger partial charge in [0, 0.05) is 12.2 Å². The van der Waals surface area contributed by atoms with Gasteiger partial charge in [-0.2, -0.15) is 0 Å². The third kappa shape index (κ3) is 1.92. The average molecular weight is 245 g/mol. The zero-order valence-corrected chi connectivity index (χ0v) is 10.8. The minimum absolute atomic E-state index is 0.0462. The number of anilines is 3. The van der Waals surface area contributed by atoms with Crippen LogP contribution in [0.15, 0.2) is 12.1 Å². The Morgan fingerprint density at radius 1 is 1.50 bits per heavy atom.